The maximum absolute atomic E-state index is 14.1. The van der Waals surface area contributed by atoms with Crippen LogP contribution in [0.5, 0.6) is 5.75 Å². The molecule has 1 heterocycles. The molecule has 3 rings (SSSR count). The lowest BCUT2D eigenvalue weighted by Gasteiger charge is -2.26. The van der Waals surface area contributed by atoms with E-state index in [1.54, 1.807) is 26.0 Å². The number of rotatable bonds is 5. The van der Waals surface area contributed by atoms with Crippen LogP contribution in [0.3, 0.4) is 0 Å². The van der Waals surface area contributed by atoms with Crippen LogP contribution in [0, 0.1) is 11.6 Å². The molecule has 2 N–H and O–H groups in total. The fourth-order valence-electron chi connectivity index (χ4n) is 2.82. The van der Waals surface area contributed by atoms with Crippen molar-refractivity contribution in [2.24, 2.45) is 0 Å². The lowest BCUT2D eigenvalue weighted by molar-refractivity contribution is 0.0827. The van der Waals surface area contributed by atoms with Crippen LogP contribution in [0.4, 0.5) is 14.5 Å². The summed E-state index contributed by atoms with van der Waals surface area (Å²) in [6.07, 6.45) is 0. The van der Waals surface area contributed by atoms with Gasteiger partial charge in [-0.2, -0.15) is 0 Å². The van der Waals surface area contributed by atoms with Crippen LogP contribution < -0.4 is 10.5 Å². The molecule has 2 aromatic carbocycles. The van der Waals surface area contributed by atoms with Crippen LogP contribution >= 0.6 is 11.6 Å². The monoisotopic (exact) mass is 392 g/mol. The maximum Gasteiger partial charge on any atom is 0.192 e. The third-order valence-electron chi connectivity index (χ3n) is 4.09. The Labute approximate surface area is 160 Å². The predicted molar refractivity (Wildman–Crippen MR) is 101 cm³/mol. The Morgan fingerprint density at radius 2 is 1.70 bits per heavy atom. The highest BCUT2D eigenvalue weighted by atomic mass is 35.5. The number of hydrogen-bond donors (Lipinski definition) is 1. The van der Waals surface area contributed by atoms with Gasteiger partial charge in [-0.15, -0.1) is 10.2 Å². The molecule has 0 saturated carbocycles. The normalized spacial score (nSPS) is 11.6. The van der Waals surface area contributed by atoms with Crippen molar-refractivity contribution < 1.29 is 13.5 Å². The quantitative estimate of drug-likeness (QED) is 0.634. The standard InChI is InChI=1S/C19H19ClF2N4O/c1-4-26-17(11-5-7-13(23)8-6-11)24-25-18(26)19(2,3)27-16-14(21)9-12(20)10-15(16)22/h5-10H,4,23H2,1-3H3. The minimum atomic E-state index is -1.15. The van der Waals surface area contributed by atoms with Gasteiger partial charge in [-0.3, -0.25) is 0 Å². The Kier molecular flexibility index (Phi) is 5.06. The molecule has 27 heavy (non-hydrogen) atoms. The van der Waals surface area contributed by atoms with Crippen molar-refractivity contribution in [3.8, 4) is 17.1 Å². The fourth-order valence-corrected chi connectivity index (χ4v) is 3.01. The van der Waals surface area contributed by atoms with Crippen molar-refractivity contribution in [1.29, 1.82) is 0 Å². The van der Waals surface area contributed by atoms with Gasteiger partial charge in [0, 0.05) is 22.8 Å². The molecule has 0 bridgehead atoms. The molecule has 0 atom stereocenters. The van der Waals surface area contributed by atoms with E-state index in [0.717, 1.165) is 17.7 Å². The van der Waals surface area contributed by atoms with E-state index < -0.39 is 23.0 Å². The van der Waals surface area contributed by atoms with Crippen molar-refractivity contribution in [2.75, 3.05) is 5.73 Å². The molecule has 0 aliphatic heterocycles. The topological polar surface area (TPSA) is 66.0 Å². The number of halogens is 3. The van der Waals surface area contributed by atoms with Gasteiger partial charge in [-0.1, -0.05) is 11.6 Å². The highest BCUT2D eigenvalue weighted by Crippen LogP contribution is 2.33. The highest BCUT2D eigenvalue weighted by Gasteiger charge is 2.32. The molecule has 0 unspecified atom stereocenters. The second-order valence-corrected chi connectivity index (χ2v) is 6.96. The number of nitrogens with zero attached hydrogens (tertiary/aromatic N) is 3. The molecular formula is C19H19ClF2N4O. The minimum Gasteiger partial charge on any atom is -0.474 e. The number of hydrogen-bond acceptors (Lipinski definition) is 4. The molecule has 1 aromatic heterocycles. The maximum atomic E-state index is 14.1. The molecule has 0 aliphatic rings. The third kappa shape index (κ3) is 3.73. The van der Waals surface area contributed by atoms with Gasteiger partial charge in [0.1, 0.15) is 0 Å². The van der Waals surface area contributed by atoms with E-state index in [1.807, 2.05) is 23.6 Å². The number of ether oxygens (including phenoxy) is 1. The summed E-state index contributed by atoms with van der Waals surface area (Å²) in [5, 5.41) is 8.41. The zero-order chi connectivity index (χ0) is 19.8. The molecule has 0 aliphatic carbocycles. The van der Waals surface area contributed by atoms with E-state index in [4.69, 9.17) is 22.1 Å². The first-order valence-electron chi connectivity index (χ1n) is 8.36. The van der Waals surface area contributed by atoms with Gasteiger partial charge in [0.15, 0.2) is 34.6 Å². The lowest BCUT2D eigenvalue weighted by Crippen LogP contribution is -2.30. The molecular weight excluding hydrogens is 374 g/mol. The van der Waals surface area contributed by atoms with Crippen LogP contribution in [-0.2, 0) is 12.1 Å². The smallest absolute Gasteiger partial charge is 0.192 e. The average molecular weight is 393 g/mol. The van der Waals surface area contributed by atoms with Crippen LogP contribution in [0.15, 0.2) is 36.4 Å². The zero-order valence-corrected chi connectivity index (χ0v) is 15.9. The van der Waals surface area contributed by atoms with Gasteiger partial charge in [-0.25, -0.2) is 8.78 Å². The van der Waals surface area contributed by atoms with E-state index in [-0.39, 0.29) is 5.02 Å². The van der Waals surface area contributed by atoms with Crippen molar-refractivity contribution in [1.82, 2.24) is 14.8 Å². The first-order chi connectivity index (χ1) is 12.7. The molecule has 0 spiro atoms. The van der Waals surface area contributed by atoms with Gasteiger partial charge in [0.05, 0.1) is 0 Å². The van der Waals surface area contributed by atoms with E-state index in [1.165, 1.54) is 0 Å². The summed E-state index contributed by atoms with van der Waals surface area (Å²) in [6.45, 7) is 5.81. The van der Waals surface area contributed by atoms with Crippen molar-refractivity contribution in [3.63, 3.8) is 0 Å². The molecule has 0 amide bonds. The summed E-state index contributed by atoms with van der Waals surface area (Å²) >= 11 is 5.67. The summed E-state index contributed by atoms with van der Waals surface area (Å²) < 4.78 is 35.8. The predicted octanol–water partition coefficient (Wildman–Crippen LogP) is 4.79. The number of aromatic nitrogens is 3. The number of anilines is 1. The van der Waals surface area contributed by atoms with E-state index in [0.29, 0.717) is 23.9 Å². The Morgan fingerprint density at radius 1 is 1.11 bits per heavy atom. The molecule has 0 fully saturated rings. The first-order valence-corrected chi connectivity index (χ1v) is 8.74. The molecule has 0 saturated heterocycles. The first kappa shape index (κ1) is 19.1. The van der Waals surface area contributed by atoms with E-state index in [2.05, 4.69) is 10.2 Å². The van der Waals surface area contributed by atoms with E-state index >= 15 is 0 Å². The van der Waals surface area contributed by atoms with Gasteiger partial charge in [0.2, 0.25) is 0 Å². The van der Waals surface area contributed by atoms with Gasteiger partial charge < -0.3 is 15.0 Å². The molecule has 8 heteroatoms. The summed E-state index contributed by atoms with van der Waals surface area (Å²) in [5.74, 6) is -1.22. The van der Waals surface area contributed by atoms with Crippen molar-refractivity contribution >= 4 is 17.3 Å². The Balaban J connectivity index is 2.01. The van der Waals surface area contributed by atoms with Crippen molar-refractivity contribution in [2.45, 2.75) is 32.9 Å². The number of nitrogens with two attached hydrogens (primary N) is 1. The molecule has 5 nitrogen and oxygen atoms in total. The second-order valence-electron chi connectivity index (χ2n) is 6.52. The molecule has 3 aromatic rings. The lowest BCUT2D eigenvalue weighted by atomic mass is 10.1. The van der Waals surface area contributed by atoms with Crippen LogP contribution in [0.2, 0.25) is 5.02 Å². The highest BCUT2D eigenvalue weighted by molar-refractivity contribution is 6.30. The zero-order valence-electron chi connectivity index (χ0n) is 15.1. The third-order valence-corrected chi connectivity index (χ3v) is 4.31. The summed E-state index contributed by atoms with van der Waals surface area (Å²) in [7, 11) is 0. The van der Waals surface area contributed by atoms with Gasteiger partial charge in [-0.05, 0) is 57.2 Å². The summed E-state index contributed by atoms with van der Waals surface area (Å²) in [6, 6.07) is 9.21. The average Bonchev–Trinajstić information content (AvgIpc) is 3.04. The van der Waals surface area contributed by atoms with Gasteiger partial charge in [0.25, 0.3) is 0 Å². The summed E-state index contributed by atoms with van der Waals surface area (Å²) in [5.41, 5.74) is 6.04. The van der Waals surface area contributed by atoms with E-state index in [9.17, 15) is 8.78 Å². The Morgan fingerprint density at radius 3 is 2.26 bits per heavy atom. The second kappa shape index (κ2) is 7.15. The van der Waals surface area contributed by atoms with Gasteiger partial charge >= 0.3 is 0 Å². The fraction of sp³-hybridized carbons (Fsp3) is 0.263. The molecule has 142 valence electrons. The van der Waals surface area contributed by atoms with Crippen LogP contribution in [0.1, 0.15) is 26.6 Å². The SMILES string of the molecule is CCn1c(-c2ccc(N)cc2)nnc1C(C)(C)Oc1c(F)cc(Cl)cc1F. The van der Waals surface area contributed by atoms with Crippen molar-refractivity contribution in [3.05, 3.63) is 58.9 Å². The number of benzene rings is 2. The molecule has 0 radical (unpaired) electrons. The Bertz CT molecular complexity index is 947. The van der Waals surface area contributed by atoms with Crippen LogP contribution in [0.25, 0.3) is 11.4 Å². The van der Waals surface area contributed by atoms with Crippen LogP contribution in [-0.4, -0.2) is 14.8 Å². The largest absolute Gasteiger partial charge is 0.474 e. The Hall–Kier alpha value is -2.67. The summed E-state index contributed by atoms with van der Waals surface area (Å²) in [4.78, 5) is 0. The number of nitrogen functional groups attached to an aromatic ring is 1. The minimum absolute atomic E-state index is 0.0440.